The Kier molecular flexibility index (Phi) is 8.59. The number of likely N-dealkylation sites (tertiary alicyclic amines) is 1. The minimum atomic E-state index is -0.914. The van der Waals surface area contributed by atoms with Crippen LogP contribution in [-0.2, 0) is 23.1 Å². The van der Waals surface area contributed by atoms with Gasteiger partial charge in [0.05, 0.1) is 12.6 Å². The first-order valence-corrected chi connectivity index (χ1v) is 14.6. The van der Waals surface area contributed by atoms with Crippen molar-refractivity contribution >= 4 is 17.7 Å². The standard InChI is InChI=1S/C32H37N7O4/c1-20-36-37-31(43-20)32(13-14-35-19-28(40)39-15-5-6-25(39)18-33)26-11-9-23(29(41)34-2)16-21(26)7-8-22-17-24(10-12-27(22)32)30(42)38(3)4/h9-12,16-17,25,35H,5-8,13-15,19H2,1-4H3,(H,34,41)/t25-,32?/m0/s1. The van der Waals surface area contributed by atoms with Crippen molar-refractivity contribution in [2.45, 2.75) is 50.5 Å². The average Bonchev–Trinajstić information content (AvgIpc) is 3.66. The highest BCUT2D eigenvalue weighted by molar-refractivity contribution is 5.95. The van der Waals surface area contributed by atoms with Crippen LogP contribution >= 0.6 is 0 Å². The average molecular weight is 584 g/mol. The Morgan fingerprint density at radius 2 is 1.77 bits per heavy atom. The number of nitrogens with zero attached hydrogens (tertiary/aromatic N) is 5. The van der Waals surface area contributed by atoms with Gasteiger partial charge in [-0.3, -0.25) is 14.4 Å². The Morgan fingerprint density at radius 3 is 2.37 bits per heavy atom. The zero-order valence-corrected chi connectivity index (χ0v) is 25.1. The quantitative estimate of drug-likeness (QED) is 0.385. The molecule has 2 aliphatic rings. The van der Waals surface area contributed by atoms with Gasteiger partial charge in [-0.15, -0.1) is 10.2 Å². The molecule has 2 aromatic carbocycles. The maximum atomic E-state index is 13.0. The van der Waals surface area contributed by atoms with E-state index in [2.05, 4.69) is 26.9 Å². The molecule has 2 N–H and O–H groups in total. The molecule has 0 saturated carbocycles. The van der Waals surface area contributed by atoms with E-state index in [0.29, 0.717) is 61.7 Å². The molecule has 1 aliphatic heterocycles. The van der Waals surface area contributed by atoms with Crippen LogP contribution in [0.3, 0.4) is 0 Å². The highest BCUT2D eigenvalue weighted by Crippen LogP contribution is 2.47. The van der Waals surface area contributed by atoms with E-state index in [1.165, 1.54) is 0 Å². The SMILES string of the molecule is CNC(=O)c1ccc2c(c1)CCc1cc(C(=O)N(C)C)ccc1C2(CCNCC(=O)N1CCC[C@H]1C#N)c1nnc(C)o1. The number of carbonyl (C=O) groups is 3. The second-order valence-electron chi connectivity index (χ2n) is 11.4. The van der Waals surface area contributed by atoms with Gasteiger partial charge < -0.3 is 24.9 Å². The molecule has 2 heterocycles. The molecule has 0 spiro atoms. The van der Waals surface area contributed by atoms with Crippen molar-refractivity contribution in [2.24, 2.45) is 0 Å². The van der Waals surface area contributed by atoms with Gasteiger partial charge in [-0.05, 0) is 85.2 Å². The zero-order chi connectivity index (χ0) is 30.7. The van der Waals surface area contributed by atoms with Crippen LogP contribution in [0.4, 0.5) is 0 Å². The number of rotatable bonds is 8. The number of nitrogens with one attached hydrogen (secondary N) is 2. The van der Waals surface area contributed by atoms with Gasteiger partial charge >= 0.3 is 0 Å². The minimum Gasteiger partial charge on any atom is -0.424 e. The topological polar surface area (TPSA) is 144 Å². The molecular weight excluding hydrogens is 546 g/mol. The van der Waals surface area contributed by atoms with Crippen LogP contribution in [0.5, 0.6) is 0 Å². The van der Waals surface area contributed by atoms with Gasteiger partial charge in [-0.1, -0.05) is 12.1 Å². The van der Waals surface area contributed by atoms with E-state index in [1.54, 1.807) is 43.9 Å². The van der Waals surface area contributed by atoms with Crippen molar-refractivity contribution in [1.82, 2.24) is 30.6 Å². The first kappa shape index (κ1) is 29.9. The van der Waals surface area contributed by atoms with Crippen LogP contribution in [0.15, 0.2) is 40.8 Å². The molecule has 1 saturated heterocycles. The van der Waals surface area contributed by atoms with Crippen molar-refractivity contribution in [3.8, 4) is 6.07 Å². The summed E-state index contributed by atoms with van der Waals surface area (Å²) in [5, 5.41) is 24.1. The fourth-order valence-corrected chi connectivity index (χ4v) is 6.37. The predicted octanol–water partition coefficient (Wildman–Crippen LogP) is 2.37. The van der Waals surface area contributed by atoms with E-state index in [4.69, 9.17) is 4.42 Å². The number of benzene rings is 2. The van der Waals surface area contributed by atoms with Gasteiger partial charge in [0.25, 0.3) is 11.8 Å². The number of hydrogen-bond acceptors (Lipinski definition) is 8. The van der Waals surface area contributed by atoms with Crippen LogP contribution in [0.25, 0.3) is 0 Å². The van der Waals surface area contributed by atoms with E-state index in [9.17, 15) is 19.6 Å². The van der Waals surface area contributed by atoms with Gasteiger partial charge in [0.15, 0.2) is 0 Å². The highest BCUT2D eigenvalue weighted by atomic mass is 16.4. The zero-order valence-electron chi connectivity index (χ0n) is 25.1. The molecule has 11 nitrogen and oxygen atoms in total. The lowest BCUT2D eigenvalue weighted by Crippen LogP contribution is -2.42. The normalized spacial score (nSPS) is 19.1. The third-order valence-electron chi connectivity index (χ3n) is 8.50. The first-order chi connectivity index (χ1) is 20.7. The van der Waals surface area contributed by atoms with Crippen molar-refractivity contribution in [2.75, 3.05) is 40.8 Å². The van der Waals surface area contributed by atoms with Crippen molar-refractivity contribution < 1.29 is 18.8 Å². The number of aromatic nitrogens is 2. The molecule has 2 atom stereocenters. The molecule has 224 valence electrons. The molecule has 3 amide bonds. The summed E-state index contributed by atoms with van der Waals surface area (Å²) in [6, 6.07) is 13.3. The molecular formula is C32H37N7O4. The molecule has 43 heavy (non-hydrogen) atoms. The van der Waals surface area contributed by atoms with E-state index in [1.807, 2.05) is 30.3 Å². The number of fused-ring (bicyclic) bond motifs is 2. The summed E-state index contributed by atoms with van der Waals surface area (Å²) in [7, 11) is 5.06. The molecule has 5 rings (SSSR count). The van der Waals surface area contributed by atoms with Gasteiger partial charge in [-0.2, -0.15) is 5.26 Å². The predicted molar refractivity (Wildman–Crippen MR) is 158 cm³/mol. The maximum absolute atomic E-state index is 13.0. The lowest BCUT2D eigenvalue weighted by atomic mass is 9.69. The summed E-state index contributed by atoms with van der Waals surface area (Å²) in [6.07, 6.45) is 3.26. The van der Waals surface area contributed by atoms with Crippen molar-refractivity contribution in [1.29, 1.82) is 5.26 Å². The highest BCUT2D eigenvalue weighted by Gasteiger charge is 2.45. The number of amides is 3. The smallest absolute Gasteiger partial charge is 0.253 e. The molecule has 0 radical (unpaired) electrons. The molecule has 11 heteroatoms. The Labute approximate surface area is 251 Å². The number of carbonyl (C=O) groups excluding carboxylic acids is 3. The first-order valence-electron chi connectivity index (χ1n) is 14.6. The molecule has 1 unspecified atom stereocenters. The number of hydrogen-bond donors (Lipinski definition) is 2. The minimum absolute atomic E-state index is 0.0940. The largest absolute Gasteiger partial charge is 0.424 e. The summed E-state index contributed by atoms with van der Waals surface area (Å²) in [6.45, 7) is 2.86. The van der Waals surface area contributed by atoms with Gasteiger partial charge in [0.2, 0.25) is 17.7 Å². The van der Waals surface area contributed by atoms with Crippen LogP contribution in [-0.4, -0.2) is 84.5 Å². The fourth-order valence-electron chi connectivity index (χ4n) is 6.37. The third kappa shape index (κ3) is 5.62. The monoisotopic (exact) mass is 583 g/mol. The lowest BCUT2D eigenvalue weighted by molar-refractivity contribution is -0.130. The van der Waals surface area contributed by atoms with E-state index >= 15 is 0 Å². The maximum Gasteiger partial charge on any atom is 0.253 e. The van der Waals surface area contributed by atoms with Crippen molar-refractivity contribution in [3.63, 3.8) is 0 Å². The third-order valence-corrected chi connectivity index (χ3v) is 8.50. The molecule has 1 aliphatic carbocycles. The van der Waals surface area contributed by atoms with Crippen LogP contribution in [0, 0.1) is 18.3 Å². The number of aryl methyl sites for hydroxylation is 3. The second-order valence-corrected chi connectivity index (χ2v) is 11.4. The second kappa shape index (κ2) is 12.4. The summed E-state index contributed by atoms with van der Waals surface area (Å²) in [5.41, 5.74) is 4.04. The van der Waals surface area contributed by atoms with Crippen LogP contribution in [0.1, 0.15) is 74.0 Å². The molecule has 3 aromatic rings. The molecule has 0 bridgehead atoms. The summed E-state index contributed by atoms with van der Waals surface area (Å²) >= 11 is 0. The summed E-state index contributed by atoms with van der Waals surface area (Å²) < 4.78 is 6.18. The van der Waals surface area contributed by atoms with Crippen LogP contribution in [0.2, 0.25) is 0 Å². The Morgan fingerprint density at radius 1 is 1.09 bits per heavy atom. The van der Waals surface area contributed by atoms with E-state index < -0.39 is 5.41 Å². The van der Waals surface area contributed by atoms with Crippen LogP contribution < -0.4 is 10.6 Å². The molecule has 1 aromatic heterocycles. The van der Waals surface area contributed by atoms with E-state index in [-0.39, 0.29) is 30.3 Å². The van der Waals surface area contributed by atoms with E-state index in [0.717, 1.165) is 28.7 Å². The number of nitriles is 1. The van der Waals surface area contributed by atoms with Gasteiger partial charge in [-0.25, -0.2) is 0 Å². The molecule has 1 fully saturated rings. The summed E-state index contributed by atoms with van der Waals surface area (Å²) in [5.74, 6) is 0.452. The lowest BCUT2D eigenvalue weighted by Gasteiger charge is -2.34. The Bertz CT molecular complexity index is 1590. The van der Waals surface area contributed by atoms with Crippen molar-refractivity contribution in [3.05, 3.63) is 81.6 Å². The Balaban J connectivity index is 1.59. The fraction of sp³-hybridized carbons (Fsp3) is 0.438. The summed E-state index contributed by atoms with van der Waals surface area (Å²) in [4.78, 5) is 41.7. The van der Waals surface area contributed by atoms with Gasteiger partial charge in [0, 0.05) is 45.7 Å². The van der Waals surface area contributed by atoms with Gasteiger partial charge in [0.1, 0.15) is 11.5 Å². The Hall–Kier alpha value is -4.56.